The lowest BCUT2D eigenvalue weighted by Crippen LogP contribution is -2.34. The first kappa shape index (κ1) is 19.6. The second-order valence-corrected chi connectivity index (χ2v) is 7.69. The van der Waals surface area contributed by atoms with E-state index in [9.17, 15) is 9.59 Å². The third-order valence-electron chi connectivity index (χ3n) is 4.03. The third kappa shape index (κ3) is 4.57. The van der Waals surface area contributed by atoms with Crippen LogP contribution in [0.4, 0.5) is 10.5 Å². The Morgan fingerprint density at radius 3 is 2.64 bits per heavy atom. The molecule has 0 radical (unpaired) electrons. The second kappa shape index (κ2) is 7.84. The van der Waals surface area contributed by atoms with Crippen molar-refractivity contribution in [1.29, 1.82) is 0 Å². The van der Waals surface area contributed by atoms with Gasteiger partial charge in [-0.1, -0.05) is 0 Å². The number of fused-ring (bicyclic) bond motifs is 1. The average Bonchev–Trinajstić information content (AvgIpc) is 2.95. The molecule has 3 rings (SSSR count). The standard InChI is InChI=1S/C20H25N5O3/c1-14-12-16(22-9-5-6-15-7-10-21-11-8-15)17-23-25(18(26)24(17)13-14)19(27)28-20(2,3)4/h7-8,10-13,22H,5-6,9H2,1-4H3. The number of ether oxygens (including phenoxy) is 1. The van der Waals surface area contributed by atoms with Crippen molar-refractivity contribution >= 4 is 17.4 Å². The number of nitrogens with one attached hydrogen (secondary N) is 1. The first-order chi connectivity index (χ1) is 13.2. The zero-order valence-electron chi connectivity index (χ0n) is 16.6. The molecule has 0 aliphatic carbocycles. The molecule has 0 fully saturated rings. The molecule has 0 atom stereocenters. The molecule has 0 spiro atoms. The van der Waals surface area contributed by atoms with Gasteiger partial charge in [0, 0.05) is 25.1 Å². The Morgan fingerprint density at radius 1 is 1.25 bits per heavy atom. The van der Waals surface area contributed by atoms with Crippen LogP contribution in [0.25, 0.3) is 5.65 Å². The number of carbonyl (C=O) groups excluding carboxylic acids is 1. The number of anilines is 1. The van der Waals surface area contributed by atoms with Crippen LogP contribution >= 0.6 is 0 Å². The smallest absolute Gasteiger partial charge is 0.439 e. The van der Waals surface area contributed by atoms with Crippen molar-refractivity contribution in [2.75, 3.05) is 11.9 Å². The van der Waals surface area contributed by atoms with Gasteiger partial charge in [-0.2, -0.15) is 0 Å². The van der Waals surface area contributed by atoms with Crippen molar-refractivity contribution in [3.8, 4) is 0 Å². The van der Waals surface area contributed by atoms with Crippen molar-refractivity contribution in [3.63, 3.8) is 0 Å². The minimum Gasteiger partial charge on any atom is -0.442 e. The summed E-state index contributed by atoms with van der Waals surface area (Å²) in [4.78, 5) is 28.9. The number of nitrogens with zero attached hydrogens (tertiary/aromatic N) is 4. The summed E-state index contributed by atoms with van der Waals surface area (Å²) in [6, 6.07) is 5.90. The normalized spacial score (nSPS) is 11.6. The highest BCUT2D eigenvalue weighted by Gasteiger charge is 2.22. The Labute approximate surface area is 163 Å². The molecule has 0 aliphatic heterocycles. The largest absolute Gasteiger partial charge is 0.442 e. The van der Waals surface area contributed by atoms with Gasteiger partial charge in [0.15, 0.2) is 5.65 Å². The van der Waals surface area contributed by atoms with E-state index >= 15 is 0 Å². The van der Waals surface area contributed by atoms with Crippen LogP contribution in [0.15, 0.2) is 41.6 Å². The number of pyridine rings is 2. The van der Waals surface area contributed by atoms with Crippen molar-refractivity contribution in [2.24, 2.45) is 0 Å². The molecule has 0 saturated carbocycles. The van der Waals surface area contributed by atoms with Crippen LogP contribution in [-0.4, -0.2) is 37.4 Å². The van der Waals surface area contributed by atoms with Crippen LogP contribution in [0.5, 0.6) is 0 Å². The number of hydrogen-bond acceptors (Lipinski definition) is 6. The van der Waals surface area contributed by atoms with Crippen LogP contribution in [0.2, 0.25) is 0 Å². The van der Waals surface area contributed by atoms with E-state index in [1.54, 1.807) is 39.4 Å². The lowest BCUT2D eigenvalue weighted by Gasteiger charge is -2.18. The monoisotopic (exact) mass is 383 g/mol. The molecule has 0 saturated heterocycles. The van der Waals surface area contributed by atoms with Gasteiger partial charge in [-0.25, -0.2) is 14.0 Å². The Morgan fingerprint density at radius 2 is 1.96 bits per heavy atom. The maximum atomic E-state index is 12.6. The molecule has 1 N–H and O–H groups in total. The Bertz CT molecular complexity index is 1030. The minimum atomic E-state index is -0.789. The molecule has 0 aromatic carbocycles. The van der Waals surface area contributed by atoms with E-state index in [-0.39, 0.29) is 0 Å². The average molecular weight is 383 g/mol. The van der Waals surface area contributed by atoms with E-state index in [2.05, 4.69) is 15.4 Å². The van der Waals surface area contributed by atoms with Crippen LogP contribution in [-0.2, 0) is 11.2 Å². The lowest BCUT2D eigenvalue weighted by molar-refractivity contribution is 0.0508. The predicted octanol–water partition coefficient (Wildman–Crippen LogP) is 3.03. The number of aromatic nitrogens is 4. The highest BCUT2D eigenvalue weighted by Crippen LogP contribution is 2.17. The highest BCUT2D eigenvalue weighted by atomic mass is 16.6. The number of hydrogen-bond donors (Lipinski definition) is 1. The van der Waals surface area contributed by atoms with Crippen LogP contribution in [0.1, 0.15) is 38.3 Å². The zero-order valence-corrected chi connectivity index (χ0v) is 16.6. The van der Waals surface area contributed by atoms with E-state index < -0.39 is 17.4 Å². The van der Waals surface area contributed by atoms with Gasteiger partial charge in [0.05, 0.1) is 5.69 Å². The lowest BCUT2D eigenvalue weighted by atomic mass is 10.1. The van der Waals surface area contributed by atoms with Gasteiger partial charge in [-0.05, 0) is 69.9 Å². The second-order valence-electron chi connectivity index (χ2n) is 7.69. The molecule has 0 unspecified atom stereocenters. The molecule has 8 heteroatoms. The molecule has 3 heterocycles. The van der Waals surface area contributed by atoms with Crippen molar-refractivity contribution in [2.45, 2.75) is 46.1 Å². The van der Waals surface area contributed by atoms with E-state index in [1.807, 2.05) is 25.1 Å². The fraction of sp³-hybridized carbons (Fsp3) is 0.400. The quantitative estimate of drug-likeness (QED) is 0.681. The van der Waals surface area contributed by atoms with Gasteiger partial charge < -0.3 is 10.1 Å². The maximum Gasteiger partial charge on any atom is 0.439 e. The van der Waals surface area contributed by atoms with Gasteiger partial charge in [0.1, 0.15) is 5.60 Å². The molecule has 3 aromatic heterocycles. The Hall–Kier alpha value is -3.16. The molecule has 8 nitrogen and oxygen atoms in total. The summed E-state index contributed by atoms with van der Waals surface area (Å²) >= 11 is 0. The highest BCUT2D eigenvalue weighted by molar-refractivity contribution is 5.73. The van der Waals surface area contributed by atoms with E-state index in [0.29, 0.717) is 17.9 Å². The number of rotatable bonds is 5. The SMILES string of the molecule is Cc1cc(NCCCc2ccncc2)c2nn(C(=O)OC(C)(C)C)c(=O)n2c1. The summed E-state index contributed by atoms with van der Waals surface area (Å²) in [6.45, 7) is 7.82. The van der Waals surface area contributed by atoms with Crippen LogP contribution in [0, 0.1) is 6.92 Å². The molecule has 0 aliphatic rings. The molecule has 0 amide bonds. The number of aryl methyl sites for hydroxylation is 2. The summed E-state index contributed by atoms with van der Waals surface area (Å²) in [5.74, 6) is 0. The van der Waals surface area contributed by atoms with E-state index in [4.69, 9.17) is 4.74 Å². The first-order valence-corrected chi connectivity index (χ1v) is 9.23. The molecular weight excluding hydrogens is 358 g/mol. The Balaban J connectivity index is 1.79. The van der Waals surface area contributed by atoms with Crippen LogP contribution in [0.3, 0.4) is 0 Å². The molecule has 3 aromatic rings. The number of carbonyl (C=O) groups is 1. The fourth-order valence-corrected chi connectivity index (χ4v) is 2.83. The predicted molar refractivity (Wildman–Crippen MR) is 107 cm³/mol. The maximum absolute atomic E-state index is 12.6. The van der Waals surface area contributed by atoms with E-state index in [0.717, 1.165) is 23.1 Å². The zero-order chi connectivity index (χ0) is 20.3. The summed E-state index contributed by atoms with van der Waals surface area (Å²) in [5.41, 5.74) is 1.94. The van der Waals surface area contributed by atoms with Crippen molar-refractivity contribution in [1.82, 2.24) is 19.2 Å². The van der Waals surface area contributed by atoms with Gasteiger partial charge >= 0.3 is 11.8 Å². The minimum absolute atomic E-state index is 0.394. The summed E-state index contributed by atoms with van der Waals surface area (Å²) in [6.07, 6.45) is 6.25. The summed E-state index contributed by atoms with van der Waals surface area (Å²) in [5, 5.41) is 7.52. The van der Waals surface area contributed by atoms with E-state index in [1.165, 1.54) is 9.96 Å². The van der Waals surface area contributed by atoms with Crippen molar-refractivity contribution in [3.05, 3.63) is 58.4 Å². The fourth-order valence-electron chi connectivity index (χ4n) is 2.83. The first-order valence-electron chi connectivity index (χ1n) is 9.23. The van der Waals surface area contributed by atoms with Gasteiger partial charge in [-0.3, -0.25) is 4.98 Å². The van der Waals surface area contributed by atoms with Crippen LogP contribution < -0.4 is 11.0 Å². The Kier molecular flexibility index (Phi) is 5.48. The topological polar surface area (TPSA) is 90.5 Å². The molecule has 148 valence electrons. The molecular formula is C20H25N5O3. The van der Waals surface area contributed by atoms with Gasteiger partial charge in [0.2, 0.25) is 0 Å². The summed E-state index contributed by atoms with van der Waals surface area (Å²) in [7, 11) is 0. The summed E-state index contributed by atoms with van der Waals surface area (Å²) < 4.78 is 7.41. The molecule has 0 bridgehead atoms. The molecule has 28 heavy (non-hydrogen) atoms. The van der Waals surface area contributed by atoms with Gasteiger partial charge in [0.25, 0.3) is 0 Å². The third-order valence-corrected chi connectivity index (χ3v) is 4.03. The van der Waals surface area contributed by atoms with Crippen molar-refractivity contribution < 1.29 is 9.53 Å². The van der Waals surface area contributed by atoms with Gasteiger partial charge in [-0.15, -0.1) is 9.78 Å².